The lowest BCUT2D eigenvalue weighted by molar-refractivity contribution is -0.292. The van der Waals surface area contributed by atoms with Crippen LogP contribution in [0.25, 0.3) is 0 Å². The second-order valence-electron chi connectivity index (χ2n) is 17.6. The first-order chi connectivity index (χ1) is 25.5. The number of methoxy groups -OCH3 is 1. The van der Waals surface area contributed by atoms with Gasteiger partial charge >= 0.3 is 0 Å². The van der Waals surface area contributed by atoms with Crippen LogP contribution in [-0.4, -0.2) is 121 Å². The number of fused-ring (bicyclic) bond motifs is 1. The number of hydrogen-bond acceptors (Lipinski definition) is 11. The lowest BCUT2D eigenvalue weighted by Crippen LogP contribution is -2.61. The van der Waals surface area contributed by atoms with Crippen molar-refractivity contribution in [2.45, 2.75) is 215 Å². The molecule has 0 radical (unpaired) electrons. The molecular formula is C42H64O11. The van der Waals surface area contributed by atoms with E-state index < -0.39 is 11.9 Å². The van der Waals surface area contributed by atoms with Crippen molar-refractivity contribution in [2.75, 3.05) is 7.11 Å². The van der Waals surface area contributed by atoms with Gasteiger partial charge < -0.3 is 47.7 Å². The van der Waals surface area contributed by atoms with E-state index in [4.69, 9.17) is 42.6 Å². The fourth-order valence-electron chi connectivity index (χ4n) is 10.9. The maximum Gasteiger partial charge on any atom is 0.172 e. The first-order valence-corrected chi connectivity index (χ1v) is 20.8. The molecule has 9 aliphatic rings. The normalized spacial score (nSPS) is 49.4. The summed E-state index contributed by atoms with van der Waals surface area (Å²) in [6, 6.07) is 0. The molecule has 298 valence electrons. The Balaban J connectivity index is 0.931. The summed E-state index contributed by atoms with van der Waals surface area (Å²) in [7, 11) is 1.69. The zero-order valence-corrected chi connectivity index (χ0v) is 32.5. The SMILES string of the molecule is C=C1CC(CCC23CC4OC5C(OC6CCC(CC(=O)CC7C(CC8OC(CC)CC(C)C8=C)OC(CC(O)CC)C7OC)OC6C5O2)C4O3)OC1C. The minimum Gasteiger partial charge on any atom is -0.393 e. The summed E-state index contributed by atoms with van der Waals surface area (Å²) in [5.41, 5.74) is 2.23. The quantitative estimate of drug-likeness (QED) is 0.226. The average Bonchev–Trinajstić information content (AvgIpc) is 3.80. The molecule has 9 rings (SSSR count). The average molecular weight is 745 g/mol. The number of Topliss-reactive ketones (excluding diaryl/α,β-unsaturated/α-hetero) is 1. The molecule has 11 heteroatoms. The van der Waals surface area contributed by atoms with E-state index in [1.807, 2.05) is 6.92 Å². The Bertz CT molecular complexity index is 1360. The number of aliphatic hydroxyl groups excluding tert-OH is 1. The van der Waals surface area contributed by atoms with Gasteiger partial charge in [-0.1, -0.05) is 33.9 Å². The molecular weight excluding hydrogens is 680 g/mol. The predicted molar refractivity (Wildman–Crippen MR) is 194 cm³/mol. The highest BCUT2D eigenvalue weighted by Gasteiger charge is 2.68. The van der Waals surface area contributed by atoms with Gasteiger partial charge in [-0.15, -0.1) is 0 Å². The fraction of sp³-hybridized carbons (Fsp3) is 0.881. The number of aliphatic hydroxyl groups is 1. The molecule has 9 fully saturated rings. The summed E-state index contributed by atoms with van der Waals surface area (Å²) in [4.78, 5) is 14.1. The van der Waals surface area contributed by atoms with Crippen LogP contribution < -0.4 is 0 Å². The third-order valence-electron chi connectivity index (χ3n) is 14.0. The number of ether oxygens (including phenoxy) is 9. The minimum atomic E-state index is -0.763. The molecule has 0 amide bonds. The maximum atomic E-state index is 14.1. The predicted octanol–water partition coefficient (Wildman–Crippen LogP) is 5.53. The number of hydrogen-bond donors (Lipinski definition) is 1. The van der Waals surface area contributed by atoms with Crippen LogP contribution in [0.3, 0.4) is 0 Å². The fourth-order valence-corrected chi connectivity index (χ4v) is 10.9. The van der Waals surface area contributed by atoms with Crippen LogP contribution in [0.2, 0.25) is 0 Å². The molecule has 0 aliphatic carbocycles. The smallest absolute Gasteiger partial charge is 0.172 e. The van der Waals surface area contributed by atoms with Gasteiger partial charge in [0.05, 0.1) is 67.1 Å². The Morgan fingerprint density at radius 1 is 0.887 bits per heavy atom. The molecule has 1 N–H and O–H groups in total. The van der Waals surface area contributed by atoms with Gasteiger partial charge in [0.25, 0.3) is 0 Å². The lowest BCUT2D eigenvalue weighted by atomic mass is 9.81. The molecule has 53 heavy (non-hydrogen) atoms. The van der Waals surface area contributed by atoms with Gasteiger partial charge in [0, 0.05) is 51.6 Å². The molecule has 9 aliphatic heterocycles. The van der Waals surface area contributed by atoms with Gasteiger partial charge in [-0.05, 0) is 68.9 Å². The van der Waals surface area contributed by atoms with Gasteiger partial charge in [-0.25, -0.2) is 0 Å². The minimum absolute atomic E-state index is 0.0595. The van der Waals surface area contributed by atoms with E-state index in [-0.39, 0.29) is 103 Å². The number of rotatable bonds is 14. The zero-order chi connectivity index (χ0) is 37.2. The van der Waals surface area contributed by atoms with Crippen molar-refractivity contribution in [2.24, 2.45) is 11.8 Å². The van der Waals surface area contributed by atoms with Crippen LogP contribution in [0.1, 0.15) is 111 Å². The highest BCUT2D eigenvalue weighted by molar-refractivity contribution is 5.79. The molecule has 0 saturated carbocycles. The van der Waals surface area contributed by atoms with Gasteiger partial charge in [-0.2, -0.15) is 0 Å². The highest BCUT2D eigenvalue weighted by atomic mass is 16.8. The first-order valence-electron chi connectivity index (χ1n) is 20.8. The molecule has 11 nitrogen and oxygen atoms in total. The summed E-state index contributed by atoms with van der Waals surface area (Å²) < 4.78 is 59.1. The molecule has 0 spiro atoms. The Kier molecular flexibility index (Phi) is 11.4. The molecule has 9 saturated heterocycles. The largest absolute Gasteiger partial charge is 0.393 e. The van der Waals surface area contributed by atoms with Crippen LogP contribution >= 0.6 is 0 Å². The van der Waals surface area contributed by atoms with Gasteiger partial charge in [-0.3, -0.25) is 4.79 Å². The van der Waals surface area contributed by atoms with Crippen molar-refractivity contribution in [3.63, 3.8) is 0 Å². The number of carbonyl (C=O) groups is 1. The van der Waals surface area contributed by atoms with Crippen LogP contribution in [0.15, 0.2) is 24.3 Å². The van der Waals surface area contributed by atoms with Crippen molar-refractivity contribution < 1.29 is 52.5 Å². The van der Waals surface area contributed by atoms with E-state index in [2.05, 4.69) is 33.9 Å². The lowest BCUT2D eigenvalue weighted by Gasteiger charge is -2.47. The van der Waals surface area contributed by atoms with Gasteiger partial charge in [0.15, 0.2) is 5.79 Å². The molecule has 19 atom stereocenters. The van der Waals surface area contributed by atoms with Crippen molar-refractivity contribution in [1.29, 1.82) is 0 Å². The summed E-state index contributed by atoms with van der Waals surface area (Å²) in [6.45, 7) is 17.0. The first kappa shape index (κ1) is 38.6. The van der Waals surface area contributed by atoms with E-state index in [0.717, 1.165) is 49.7 Å². The van der Waals surface area contributed by atoms with Crippen LogP contribution in [0.4, 0.5) is 0 Å². The summed E-state index contributed by atoms with van der Waals surface area (Å²) in [5.74, 6) is -0.455. The summed E-state index contributed by atoms with van der Waals surface area (Å²) in [6.07, 6.45) is 5.97. The van der Waals surface area contributed by atoms with E-state index in [0.29, 0.717) is 50.9 Å². The second kappa shape index (κ2) is 15.6. The van der Waals surface area contributed by atoms with Crippen molar-refractivity contribution in [1.82, 2.24) is 0 Å². The molecule has 0 aromatic rings. The van der Waals surface area contributed by atoms with Gasteiger partial charge in [0.1, 0.15) is 36.3 Å². The Morgan fingerprint density at radius 3 is 2.40 bits per heavy atom. The molecule has 6 bridgehead atoms. The molecule has 0 aromatic heterocycles. The molecule has 0 aromatic carbocycles. The monoisotopic (exact) mass is 744 g/mol. The maximum absolute atomic E-state index is 14.1. The Hall–Kier alpha value is -1.25. The van der Waals surface area contributed by atoms with E-state index in [9.17, 15) is 9.90 Å². The highest BCUT2D eigenvalue weighted by Crippen LogP contribution is 2.54. The third kappa shape index (κ3) is 7.51. The van der Waals surface area contributed by atoms with E-state index in [1.54, 1.807) is 7.11 Å². The second-order valence-corrected chi connectivity index (χ2v) is 17.6. The Morgan fingerprint density at radius 2 is 1.66 bits per heavy atom. The number of ketones is 1. The topological polar surface area (TPSA) is 120 Å². The number of carbonyl (C=O) groups excluding carboxylic acids is 1. The third-order valence-corrected chi connectivity index (χ3v) is 14.0. The van der Waals surface area contributed by atoms with Gasteiger partial charge in [0.2, 0.25) is 0 Å². The summed E-state index contributed by atoms with van der Waals surface area (Å²) >= 11 is 0. The van der Waals surface area contributed by atoms with Crippen LogP contribution in [0.5, 0.6) is 0 Å². The standard InChI is InChI=1S/C42H64O11/c1-8-25(43)18-34-36(45-7)30(33(49-34)19-32-23(5)21(3)14-27(9-2)47-32)17-26(44)16-28-10-11-31-37(48-28)41-40-39(50-31)38-35(51-40)20-42(52-38,53-41)13-12-29-15-22(4)24(6)46-29/h21,24-25,27-41,43H,4-5,8-20H2,1-3,6-7H3. The summed E-state index contributed by atoms with van der Waals surface area (Å²) in [5, 5.41) is 10.6. The van der Waals surface area contributed by atoms with Crippen molar-refractivity contribution in [3.8, 4) is 0 Å². The van der Waals surface area contributed by atoms with Crippen molar-refractivity contribution >= 4 is 5.78 Å². The van der Waals surface area contributed by atoms with E-state index in [1.165, 1.54) is 0 Å². The molecule has 19 unspecified atom stereocenters. The van der Waals surface area contributed by atoms with E-state index >= 15 is 0 Å². The Labute approximate surface area is 315 Å². The van der Waals surface area contributed by atoms with Crippen LogP contribution in [0, 0.1) is 11.8 Å². The van der Waals surface area contributed by atoms with Crippen molar-refractivity contribution in [3.05, 3.63) is 24.3 Å². The molecule has 9 heterocycles. The zero-order valence-electron chi connectivity index (χ0n) is 32.5. The van der Waals surface area contributed by atoms with Crippen LogP contribution in [-0.2, 0) is 47.4 Å².